The first-order valence-corrected chi connectivity index (χ1v) is 3.32. The van der Waals surface area contributed by atoms with Crippen molar-refractivity contribution >= 4 is 24.6 Å². The maximum absolute atomic E-state index is 10.9. The molecule has 2 N–H and O–H groups in total. The van der Waals surface area contributed by atoms with Gasteiger partial charge in [0.05, 0.1) is 5.56 Å². The topological polar surface area (TPSA) is 52.3 Å². The second-order valence-electron chi connectivity index (χ2n) is 1.97. The van der Waals surface area contributed by atoms with Gasteiger partial charge in [0.15, 0.2) is 0 Å². The molecule has 0 atom stereocenters. The second-order valence-corrected chi connectivity index (χ2v) is 2.15. The van der Waals surface area contributed by atoms with Gasteiger partial charge in [-0.25, -0.2) is 4.79 Å². The first kappa shape index (κ1) is 7.94. The highest BCUT2D eigenvalue weighted by Gasteiger charge is 2.07. The first-order valence-electron chi connectivity index (χ1n) is 2.96. The Kier molecular flexibility index (Phi) is 2.38. The largest absolute Gasteiger partial charge is 0.398 e. The number of para-hydroxylation sites is 1. The van der Waals surface area contributed by atoms with Crippen molar-refractivity contribution in [2.24, 2.45) is 0 Å². The van der Waals surface area contributed by atoms with E-state index < -0.39 is 5.97 Å². The lowest BCUT2D eigenvalue weighted by Gasteiger charge is -1.99. The summed E-state index contributed by atoms with van der Waals surface area (Å²) in [7, 11) is 0. The summed E-state index contributed by atoms with van der Waals surface area (Å²) in [6.07, 6.45) is 0. The van der Waals surface area contributed by atoms with E-state index in [1.807, 2.05) is 0 Å². The fraction of sp³-hybridized carbons (Fsp3) is 0. The number of hydrogen-bond acceptors (Lipinski definition) is 4. The molecule has 0 aliphatic rings. The third-order valence-electron chi connectivity index (χ3n) is 1.26. The molecule has 58 valence electrons. The number of benzene rings is 1. The summed E-state index contributed by atoms with van der Waals surface area (Å²) >= 11 is 3.37. The molecular weight excluding hydrogens is 162 g/mol. The molecule has 3 nitrogen and oxygen atoms in total. The Bertz CT molecular complexity index is 275. The van der Waals surface area contributed by atoms with Crippen LogP contribution in [-0.2, 0) is 4.18 Å². The number of rotatable bonds is 1. The van der Waals surface area contributed by atoms with Crippen LogP contribution in [0.1, 0.15) is 10.4 Å². The van der Waals surface area contributed by atoms with Crippen molar-refractivity contribution in [3.8, 4) is 0 Å². The smallest absolute Gasteiger partial charge is 0.352 e. The van der Waals surface area contributed by atoms with Gasteiger partial charge in [-0.1, -0.05) is 12.1 Å². The lowest BCUT2D eigenvalue weighted by Crippen LogP contribution is -2.02. The van der Waals surface area contributed by atoms with Crippen LogP contribution in [0.3, 0.4) is 0 Å². The minimum absolute atomic E-state index is 0.336. The monoisotopic (exact) mass is 169 g/mol. The summed E-state index contributed by atoms with van der Waals surface area (Å²) in [5.74, 6) is -0.536. The van der Waals surface area contributed by atoms with E-state index in [2.05, 4.69) is 17.1 Å². The molecule has 1 rings (SSSR count). The van der Waals surface area contributed by atoms with Crippen LogP contribution >= 0.6 is 12.9 Å². The van der Waals surface area contributed by atoms with Gasteiger partial charge in [-0.3, -0.25) is 0 Å². The van der Waals surface area contributed by atoms with Crippen molar-refractivity contribution in [2.75, 3.05) is 5.73 Å². The first-order chi connectivity index (χ1) is 5.25. The fourth-order valence-electron chi connectivity index (χ4n) is 0.732. The van der Waals surface area contributed by atoms with Gasteiger partial charge in [-0.05, 0) is 12.1 Å². The zero-order valence-electron chi connectivity index (χ0n) is 5.65. The van der Waals surface area contributed by atoms with Crippen molar-refractivity contribution in [3.05, 3.63) is 29.8 Å². The zero-order chi connectivity index (χ0) is 8.27. The molecule has 1 aromatic rings. The van der Waals surface area contributed by atoms with Gasteiger partial charge < -0.3 is 9.92 Å². The van der Waals surface area contributed by atoms with Crippen LogP contribution in [0.4, 0.5) is 5.69 Å². The van der Waals surface area contributed by atoms with Crippen LogP contribution in [-0.4, -0.2) is 5.97 Å². The zero-order valence-corrected chi connectivity index (χ0v) is 6.54. The Hall–Kier alpha value is -1.16. The Morgan fingerprint density at radius 1 is 1.45 bits per heavy atom. The summed E-state index contributed by atoms with van der Waals surface area (Å²) in [6, 6.07) is 6.65. The third kappa shape index (κ3) is 1.65. The van der Waals surface area contributed by atoms with Crippen molar-refractivity contribution < 1.29 is 8.98 Å². The lowest BCUT2D eigenvalue weighted by atomic mass is 10.2. The maximum Gasteiger partial charge on any atom is 0.352 e. The van der Waals surface area contributed by atoms with E-state index in [1.54, 1.807) is 24.3 Å². The fourth-order valence-corrected chi connectivity index (χ4v) is 0.830. The predicted molar refractivity (Wildman–Crippen MR) is 45.3 cm³/mol. The molecule has 0 saturated carbocycles. The lowest BCUT2D eigenvalue weighted by molar-refractivity contribution is 0.0773. The van der Waals surface area contributed by atoms with Crippen molar-refractivity contribution in [1.82, 2.24) is 0 Å². The molecule has 0 unspecified atom stereocenters. The summed E-state index contributed by atoms with van der Waals surface area (Å²) in [5.41, 5.74) is 6.19. The summed E-state index contributed by atoms with van der Waals surface area (Å²) < 4.78 is 4.19. The molecule has 0 aromatic heterocycles. The molecule has 0 spiro atoms. The Morgan fingerprint density at radius 2 is 2.09 bits per heavy atom. The summed E-state index contributed by atoms with van der Waals surface area (Å²) in [6.45, 7) is 0. The molecule has 0 saturated heterocycles. The number of nitrogen functional groups attached to an aromatic ring is 1. The quantitative estimate of drug-likeness (QED) is 0.378. The van der Waals surface area contributed by atoms with Gasteiger partial charge in [0, 0.05) is 18.6 Å². The molecular formula is C7H7NO2S. The van der Waals surface area contributed by atoms with Crippen LogP contribution in [0.5, 0.6) is 0 Å². The molecule has 0 amide bonds. The second kappa shape index (κ2) is 3.30. The molecule has 4 heteroatoms. The molecule has 0 fully saturated rings. The van der Waals surface area contributed by atoms with Crippen LogP contribution in [0.2, 0.25) is 0 Å². The predicted octanol–water partition coefficient (Wildman–Crippen LogP) is 1.27. The van der Waals surface area contributed by atoms with E-state index in [0.29, 0.717) is 11.3 Å². The highest BCUT2D eigenvalue weighted by atomic mass is 32.1. The van der Waals surface area contributed by atoms with Crippen LogP contribution in [0.15, 0.2) is 24.3 Å². The third-order valence-corrected chi connectivity index (χ3v) is 1.43. The highest BCUT2D eigenvalue weighted by Crippen LogP contribution is 2.11. The number of hydrogen-bond donors (Lipinski definition) is 2. The minimum atomic E-state index is -0.536. The molecule has 1 aromatic carbocycles. The van der Waals surface area contributed by atoms with E-state index in [1.165, 1.54) is 0 Å². The van der Waals surface area contributed by atoms with Gasteiger partial charge in [-0.15, -0.1) is 0 Å². The van der Waals surface area contributed by atoms with Gasteiger partial charge in [0.1, 0.15) is 0 Å². The van der Waals surface area contributed by atoms with E-state index in [-0.39, 0.29) is 0 Å². The maximum atomic E-state index is 10.9. The Morgan fingerprint density at radius 3 is 2.64 bits per heavy atom. The molecule has 0 bridgehead atoms. The van der Waals surface area contributed by atoms with E-state index >= 15 is 0 Å². The highest BCUT2D eigenvalue weighted by molar-refractivity contribution is 7.75. The minimum Gasteiger partial charge on any atom is -0.398 e. The molecule has 0 radical (unpaired) electrons. The SMILES string of the molecule is Nc1ccccc1C(=O)OS. The van der Waals surface area contributed by atoms with Gasteiger partial charge in [-0.2, -0.15) is 0 Å². The molecule has 11 heavy (non-hydrogen) atoms. The van der Waals surface area contributed by atoms with E-state index in [4.69, 9.17) is 5.73 Å². The molecule has 0 aliphatic heterocycles. The standard InChI is InChI=1S/C7H7NO2S/c8-6-4-2-1-3-5(6)7(9)10-11/h1-4,11H,8H2. The Balaban J connectivity index is 3.03. The van der Waals surface area contributed by atoms with Crippen molar-refractivity contribution in [1.29, 1.82) is 0 Å². The van der Waals surface area contributed by atoms with Crippen molar-refractivity contribution in [2.45, 2.75) is 0 Å². The Labute approximate surface area is 69.8 Å². The van der Waals surface area contributed by atoms with E-state index in [0.717, 1.165) is 0 Å². The normalized spacial score (nSPS) is 9.18. The number of thiol groups is 1. The van der Waals surface area contributed by atoms with E-state index in [9.17, 15) is 4.79 Å². The average molecular weight is 169 g/mol. The van der Waals surface area contributed by atoms with Crippen LogP contribution in [0, 0.1) is 0 Å². The average Bonchev–Trinajstić information content (AvgIpc) is 2.04. The van der Waals surface area contributed by atoms with Crippen LogP contribution < -0.4 is 5.73 Å². The molecule has 0 aliphatic carbocycles. The molecule has 0 heterocycles. The number of anilines is 1. The number of carbonyl (C=O) groups is 1. The number of carbonyl (C=O) groups excluding carboxylic acids is 1. The van der Waals surface area contributed by atoms with Crippen LogP contribution in [0.25, 0.3) is 0 Å². The van der Waals surface area contributed by atoms with Gasteiger partial charge in [0.25, 0.3) is 0 Å². The van der Waals surface area contributed by atoms with Gasteiger partial charge >= 0.3 is 5.97 Å². The van der Waals surface area contributed by atoms with Gasteiger partial charge in [0.2, 0.25) is 0 Å². The number of nitrogens with two attached hydrogens (primary N) is 1. The summed E-state index contributed by atoms with van der Waals surface area (Å²) in [5, 5.41) is 0. The summed E-state index contributed by atoms with van der Waals surface area (Å²) in [4.78, 5) is 10.9. The van der Waals surface area contributed by atoms with Crippen molar-refractivity contribution in [3.63, 3.8) is 0 Å².